The molecule has 2 amide bonds. The summed E-state index contributed by atoms with van der Waals surface area (Å²) in [5.74, 6) is 0.385. The number of benzene rings is 1. The van der Waals surface area contributed by atoms with E-state index in [-0.39, 0.29) is 18.4 Å². The summed E-state index contributed by atoms with van der Waals surface area (Å²) in [6.07, 6.45) is 3.12. The van der Waals surface area contributed by atoms with E-state index in [4.69, 9.17) is 16.3 Å². The molecule has 0 atom stereocenters. The van der Waals surface area contributed by atoms with E-state index >= 15 is 0 Å². The number of nitrogens with zero attached hydrogens (tertiary/aromatic N) is 4. The third-order valence-corrected chi connectivity index (χ3v) is 4.50. The Morgan fingerprint density at radius 1 is 1.28 bits per heavy atom. The van der Waals surface area contributed by atoms with E-state index in [1.807, 2.05) is 6.07 Å². The first-order chi connectivity index (χ1) is 13.9. The number of methoxy groups -OCH3 is 1. The van der Waals surface area contributed by atoms with E-state index < -0.39 is 0 Å². The molecule has 8 nitrogen and oxygen atoms in total. The summed E-state index contributed by atoms with van der Waals surface area (Å²) in [4.78, 5) is 30.8. The number of rotatable bonds is 6. The Morgan fingerprint density at radius 2 is 2.07 bits per heavy atom. The van der Waals surface area contributed by atoms with Gasteiger partial charge in [-0.1, -0.05) is 17.7 Å². The van der Waals surface area contributed by atoms with Crippen molar-refractivity contribution in [1.82, 2.24) is 19.7 Å². The zero-order valence-electron chi connectivity index (χ0n) is 16.2. The monoisotopic (exact) mass is 413 g/mol. The van der Waals surface area contributed by atoms with Crippen LogP contribution in [0.2, 0.25) is 5.02 Å². The van der Waals surface area contributed by atoms with Crippen molar-refractivity contribution in [2.24, 2.45) is 0 Å². The van der Waals surface area contributed by atoms with Gasteiger partial charge in [0, 0.05) is 18.3 Å². The van der Waals surface area contributed by atoms with Gasteiger partial charge in [-0.2, -0.15) is 5.10 Å². The number of hydrogen-bond acceptors (Lipinski definition) is 5. The SMILES string of the molecule is COc1ccc(Cl)cc1NC(=O)CN(C)C(=O)c1cnn(-c2ccccn2)c1C. The molecule has 150 valence electrons. The van der Waals surface area contributed by atoms with Crippen molar-refractivity contribution in [2.45, 2.75) is 6.92 Å². The Kier molecular flexibility index (Phi) is 6.13. The van der Waals surface area contributed by atoms with Gasteiger partial charge >= 0.3 is 0 Å². The number of aromatic nitrogens is 3. The number of anilines is 1. The first kappa shape index (κ1) is 20.3. The molecule has 29 heavy (non-hydrogen) atoms. The van der Waals surface area contributed by atoms with Crippen LogP contribution in [0, 0.1) is 6.92 Å². The van der Waals surface area contributed by atoms with Crippen molar-refractivity contribution in [3.05, 3.63) is 65.1 Å². The molecule has 0 radical (unpaired) electrons. The highest BCUT2D eigenvalue weighted by Crippen LogP contribution is 2.27. The van der Waals surface area contributed by atoms with Gasteiger partial charge in [-0.3, -0.25) is 9.59 Å². The number of nitrogens with one attached hydrogen (secondary N) is 1. The molecule has 0 fully saturated rings. The van der Waals surface area contributed by atoms with Gasteiger partial charge in [-0.05, 0) is 37.3 Å². The number of halogens is 1. The summed E-state index contributed by atoms with van der Waals surface area (Å²) in [6.45, 7) is 1.63. The second kappa shape index (κ2) is 8.74. The molecule has 0 aliphatic heterocycles. The van der Waals surface area contributed by atoms with Crippen LogP contribution in [0.1, 0.15) is 16.1 Å². The molecule has 0 saturated heterocycles. The maximum Gasteiger partial charge on any atom is 0.257 e. The summed E-state index contributed by atoms with van der Waals surface area (Å²) in [5.41, 5.74) is 1.47. The molecule has 0 aliphatic carbocycles. The van der Waals surface area contributed by atoms with Crippen LogP contribution < -0.4 is 10.1 Å². The minimum atomic E-state index is -0.379. The topological polar surface area (TPSA) is 89.4 Å². The van der Waals surface area contributed by atoms with Crippen molar-refractivity contribution in [2.75, 3.05) is 26.0 Å². The van der Waals surface area contributed by atoms with Crippen LogP contribution >= 0.6 is 11.6 Å². The van der Waals surface area contributed by atoms with Gasteiger partial charge in [0.2, 0.25) is 5.91 Å². The summed E-state index contributed by atoms with van der Waals surface area (Å²) in [7, 11) is 3.05. The van der Waals surface area contributed by atoms with E-state index in [2.05, 4.69) is 15.4 Å². The highest BCUT2D eigenvalue weighted by atomic mass is 35.5. The van der Waals surface area contributed by atoms with E-state index in [9.17, 15) is 9.59 Å². The van der Waals surface area contributed by atoms with Gasteiger partial charge < -0.3 is 15.0 Å². The van der Waals surface area contributed by atoms with E-state index in [1.165, 1.54) is 18.2 Å². The zero-order valence-corrected chi connectivity index (χ0v) is 17.0. The number of likely N-dealkylation sites (N-methyl/N-ethyl adjacent to an activating group) is 1. The molecule has 1 N–H and O–H groups in total. The minimum absolute atomic E-state index is 0.150. The molecular formula is C20H20ClN5O3. The fraction of sp³-hybridized carbons (Fsp3) is 0.200. The predicted octanol–water partition coefficient (Wildman–Crippen LogP) is 2.95. The Bertz CT molecular complexity index is 1040. The summed E-state index contributed by atoms with van der Waals surface area (Å²) in [5, 5.41) is 7.42. The number of hydrogen-bond donors (Lipinski definition) is 1. The Balaban J connectivity index is 1.71. The lowest BCUT2D eigenvalue weighted by Crippen LogP contribution is -2.35. The van der Waals surface area contributed by atoms with Gasteiger partial charge in [-0.15, -0.1) is 0 Å². The number of carbonyl (C=O) groups excluding carboxylic acids is 2. The summed E-state index contributed by atoms with van der Waals surface area (Å²) < 4.78 is 6.79. The van der Waals surface area contributed by atoms with E-state index in [1.54, 1.807) is 55.2 Å². The molecule has 3 aromatic rings. The lowest BCUT2D eigenvalue weighted by atomic mass is 10.2. The average Bonchev–Trinajstić information content (AvgIpc) is 3.09. The lowest BCUT2D eigenvalue weighted by Gasteiger charge is -2.17. The standard InChI is InChI=1S/C20H20ClN5O3/c1-13-15(11-23-26(13)18-6-4-5-9-22-18)20(28)25(2)12-19(27)24-16-10-14(21)7-8-17(16)29-3/h4-11H,12H2,1-3H3,(H,24,27). The first-order valence-electron chi connectivity index (χ1n) is 8.75. The van der Waals surface area contributed by atoms with Gasteiger partial charge in [0.25, 0.3) is 5.91 Å². The Hall–Kier alpha value is -3.39. The largest absolute Gasteiger partial charge is 0.495 e. The molecule has 0 bridgehead atoms. The smallest absolute Gasteiger partial charge is 0.257 e. The lowest BCUT2D eigenvalue weighted by molar-refractivity contribution is -0.116. The Labute approximate surface area is 173 Å². The second-order valence-electron chi connectivity index (χ2n) is 6.30. The normalized spacial score (nSPS) is 10.5. The maximum atomic E-state index is 12.8. The zero-order chi connectivity index (χ0) is 21.0. The van der Waals surface area contributed by atoms with Crippen LogP contribution in [-0.2, 0) is 4.79 Å². The van der Waals surface area contributed by atoms with Crippen LogP contribution in [0.15, 0.2) is 48.8 Å². The van der Waals surface area contributed by atoms with E-state index in [0.717, 1.165) is 0 Å². The van der Waals surface area contributed by atoms with Crippen molar-refractivity contribution in [3.8, 4) is 11.6 Å². The molecule has 0 aliphatic rings. The molecule has 0 unspecified atom stereocenters. The fourth-order valence-corrected chi connectivity index (χ4v) is 2.96. The third-order valence-electron chi connectivity index (χ3n) is 4.27. The minimum Gasteiger partial charge on any atom is -0.495 e. The highest BCUT2D eigenvalue weighted by Gasteiger charge is 2.21. The van der Waals surface area contributed by atoms with Crippen molar-refractivity contribution < 1.29 is 14.3 Å². The van der Waals surface area contributed by atoms with Crippen LogP contribution in [0.4, 0.5) is 5.69 Å². The maximum absolute atomic E-state index is 12.8. The van der Waals surface area contributed by atoms with Crippen molar-refractivity contribution >= 4 is 29.1 Å². The molecule has 9 heteroatoms. The Morgan fingerprint density at radius 3 is 2.76 bits per heavy atom. The van der Waals surface area contributed by atoms with Gasteiger partial charge in [0.05, 0.1) is 36.8 Å². The predicted molar refractivity (Wildman–Crippen MR) is 110 cm³/mol. The number of amides is 2. The molecule has 3 rings (SSSR count). The van der Waals surface area contributed by atoms with Crippen molar-refractivity contribution in [3.63, 3.8) is 0 Å². The van der Waals surface area contributed by atoms with Crippen molar-refractivity contribution in [1.29, 1.82) is 0 Å². The van der Waals surface area contributed by atoms with Gasteiger partial charge in [0.1, 0.15) is 5.75 Å². The van der Waals surface area contributed by atoms with Gasteiger partial charge in [-0.25, -0.2) is 9.67 Å². The van der Waals surface area contributed by atoms with Crippen LogP contribution in [0.25, 0.3) is 5.82 Å². The summed E-state index contributed by atoms with van der Waals surface area (Å²) >= 11 is 5.98. The first-order valence-corrected chi connectivity index (χ1v) is 9.13. The molecule has 2 aromatic heterocycles. The molecule has 0 spiro atoms. The second-order valence-corrected chi connectivity index (χ2v) is 6.73. The van der Waals surface area contributed by atoms with Crippen LogP contribution in [-0.4, -0.2) is 52.2 Å². The van der Waals surface area contributed by atoms with E-state index in [0.29, 0.717) is 33.5 Å². The van der Waals surface area contributed by atoms with Crippen LogP contribution in [0.3, 0.4) is 0 Å². The fourth-order valence-electron chi connectivity index (χ4n) is 2.79. The number of carbonyl (C=O) groups is 2. The third kappa shape index (κ3) is 4.55. The molecular weight excluding hydrogens is 394 g/mol. The number of pyridine rings is 1. The van der Waals surface area contributed by atoms with Gasteiger partial charge in [0.15, 0.2) is 5.82 Å². The quantitative estimate of drug-likeness (QED) is 0.671. The van der Waals surface area contributed by atoms with Crippen LogP contribution in [0.5, 0.6) is 5.75 Å². The summed E-state index contributed by atoms with van der Waals surface area (Å²) in [6, 6.07) is 10.3. The average molecular weight is 414 g/mol. The molecule has 0 saturated carbocycles. The highest BCUT2D eigenvalue weighted by molar-refractivity contribution is 6.31. The molecule has 2 heterocycles. The molecule has 1 aromatic carbocycles. The number of ether oxygens (including phenoxy) is 1.